The second kappa shape index (κ2) is 3.45. The lowest BCUT2D eigenvalue weighted by molar-refractivity contribution is 0.580. The van der Waals surface area contributed by atoms with Crippen LogP contribution in [0, 0.1) is 0 Å². The summed E-state index contributed by atoms with van der Waals surface area (Å²) in [5, 5.41) is 0.972. The van der Waals surface area contributed by atoms with E-state index in [0.29, 0.717) is 0 Å². The molecule has 3 heterocycles. The lowest BCUT2D eigenvalue weighted by atomic mass is 10.2. The number of furan rings is 1. The van der Waals surface area contributed by atoms with Crippen LogP contribution >= 0.6 is 15.9 Å². The van der Waals surface area contributed by atoms with Crippen LogP contribution in [0.5, 0.6) is 0 Å². The van der Waals surface area contributed by atoms with Crippen molar-refractivity contribution in [3.05, 3.63) is 35.4 Å². The topological polar surface area (TPSA) is 43.9 Å². The molecule has 5 heteroatoms. The molecule has 0 aliphatic heterocycles. The van der Waals surface area contributed by atoms with Gasteiger partial charge in [-0.3, -0.25) is 0 Å². The van der Waals surface area contributed by atoms with Gasteiger partial charge in [0.15, 0.2) is 5.76 Å². The van der Waals surface area contributed by atoms with Gasteiger partial charge in [0, 0.05) is 17.7 Å². The van der Waals surface area contributed by atoms with Gasteiger partial charge in [-0.25, -0.2) is 9.97 Å². The number of halogens is 1. The molecule has 0 radical (unpaired) electrons. The van der Waals surface area contributed by atoms with Crippen LogP contribution in [0.3, 0.4) is 0 Å². The van der Waals surface area contributed by atoms with E-state index in [1.54, 1.807) is 12.6 Å². The molecule has 0 unspecified atom stereocenters. The van der Waals surface area contributed by atoms with E-state index < -0.39 is 0 Å². The van der Waals surface area contributed by atoms with Crippen LogP contribution in [0.15, 0.2) is 39.8 Å². The number of hydrogen-bond donors (Lipinski definition) is 0. The van der Waals surface area contributed by atoms with Gasteiger partial charge in [-0.2, -0.15) is 0 Å². The summed E-state index contributed by atoms with van der Waals surface area (Å²) in [5.74, 6) is 0.749. The summed E-state index contributed by atoms with van der Waals surface area (Å²) in [5.41, 5.74) is 1.69. The summed E-state index contributed by atoms with van der Waals surface area (Å²) in [4.78, 5) is 8.53. The summed E-state index contributed by atoms with van der Waals surface area (Å²) in [6.45, 7) is 0. The average molecular weight is 278 g/mol. The molecule has 16 heavy (non-hydrogen) atoms. The Kier molecular flexibility index (Phi) is 2.07. The van der Waals surface area contributed by atoms with E-state index in [0.717, 1.165) is 27.0 Å². The van der Waals surface area contributed by atoms with Crippen molar-refractivity contribution in [2.75, 3.05) is 0 Å². The maximum atomic E-state index is 5.37. The van der Waals surface area contributed by atoms with Crippen molar-refractivity contribution >= 4 is 27.0 Å². The number of fused-ring (bicyclic) bond motifs is 1. The molecular weight excluding hydrogens is 270 g/mol. The number of rotatable bonds is 1. The molecule has 0 aliphatic carbocycles. The molecule has 0 N–H and O–H groups in total. The molecular formula is C11H8BrN3O. The van der Waals surface area contributed by atoms with E-state index >= 15 is 0 Å². The zero-order valence-corrected chi connectivity index (χ0v) is 10.1. The Bertz CT molecular complexity index is 643. The monoisotopic (exact) mass is 277 g/mol. The molecule has 0 atom stereocenters. The van der Waals surface area contributed by atoms with E-state index in [1.165, 1.54) is 0 Å². The summed E-state index contributed by atoms with van der Waals surface area (Å²) >= 11 is 3.51. The van der Waals surface area contributed by atoms with Crippen LogP contribution < -0.4 is 0 Å². The highest BCUT2D eigenvalue weighted by atomic mass is 79.9. The predicted octanol–water partition coefficient (Wildman–Crippen LogP) is 2.99. The van der Waals surface area contributed by atoms with Crippen molar-refractivity contribution in [1.29, 1.82) is 0 Å². The molecule has 0 aromatic carbocycles. The number of aryl methyl sites for hydroxylation is 1. The smallest absolute Gasteiger partial charge is 0.153 e. The second-order valence-electron chi connectivity index (χ2n) is 3.49. The lowest BCUT2D eigenvalue weighted by Gasteiger charge is -1.99. The molecule has 4 nitrogen and oxygen atoms in total. The molecule has 80 valence electrons. The van der Waals surface area contributed by atoms with Gasteiger partial charge in [0.1, 0.15) is 17.7 Å². The Morgan fingerprint density at radius 1 is 1.38 bits per heavy atom. The third-order valence-electron chi connectivity index (χ3n) is 2.46. The van der Waals surface area contributed by atoms with Gasteiger partial charge in [-0.1, -0.05) is 0 Å². The van der Waals surface area contributed by atoms with Crippen molar-refractivity contribution in [1.82, 2.24) is 14.5 Å². The van der Waals surface area contributed by atoms with E-state index in [4.69, 9.17) is 4.42 Å². The Morgan fingerprint density at radius 3 is 3.00 bits per heavy atom. The lowest BCUT2D eigenvalue weighted by Crippen LogP contribution is -1.90. The highest BCUT2D eigenvalue weighted by Gasteiger charge is 2.14. The van der Waals surface area contributed by atoms with Crippen LogP contribution in [0.2, 0.25) is 0 Å². The third-order valence-corrected chi connectivity index (χ3v) is 3.06. The largest absolute Gasteiger partial charge is 0.463 e. The fraction of sp³-hybridized carbons (Fsp3) is 0.0909. The molecule has 0 saturated carbocycles. The predicted molar refractivity (Wildman–Crippen MR) is 63.9 cm³/mol. The summed E-state index contributed by atoms with van der Waals surface area (Å²) in [7, 11) is 1.95. The molecule has 0 amide bonds. The fourth-order valence-corrected chi connectivity index (χ4v) is 2.43. The maximum Gasteiger partial charge on any atom is 0.153 e. The minimum Gasteiger partial charge on any atom is -0.463 e. The SMILES string of the molecule is Cn1cc(Br)c2c(-c3ccco3)ncnc21. The van der Waals surface area contributed by atoms with E-state index in [-0.39, 0.29) is 0 Å². The number of aromatic nitrogens is 3. The summed E-state index contributed by atoms with van der Waals surface area (Å²) in [6, 6.07) is 3.74. The number of nitrogens with zero attached hydrogens (tertiary/aromatic N) is 3. The normalized spacial score (nSPS) is 11.1. The Hall–Kier alpha value is -1.62. The highest BCUT2D eigenvalue weighted by molar-refractivity contribution is 9.10. The minimum atomic E-state index is 0.749. The van der Waals surface area contributed by atoms with Gasteiger partial charge in [0.05, 0.1) is 11.6 Å². The van der Waals surface area contributed by atoms with Gasteiger partial charge in [0.25, 0.3) is 0 Å². The van der Waals surface area contributed by atoms with Crippen LogP contribution in [0.25, 0.3) is 22.5 Å². The van der Waals surface area contributed by atoms with E-state index in [9.17, 15) is 0 Å². The zero-order chi connectivity index (χ0) is 11.1. The molecule has 0 saturated heterocycles. The fourth-order valence-electron chi connectivity index (χ4n) is 1.76. The van der Waals surface area contributed by atoms with Crippen LogP contribution in [0.1, 0.15) is 0 Å². The standard InChI is InChI=1S/C11H8BrN3O/c1-15-5-7(12)9-10(8-3-2-4-16-8)13-6-14-11(9)15/h2-6H,1H3. The quantitative estimate of drug-likeness (QED) is 0.687. The molecule has 3 aromatic rings. The van der Waals surface area contributed by atoms with Crippen LogP contribution in [-0.4, -0.2) is 14.5 Å². The summed E-state index contributed by atoms with van der Waals surface area (Å²) in [6.07, 6.45) is 5.15. The first-order valence-corrected chi connectivity index (χ1v) is 5.56. The zero-order valence-electron chi connectivity index (χ0n) is 8.51. The Balaban J connectivity index is 2.41. The molecule has 0 spiro atoms. The molecule has 3 rings (SSSR count). The van der Waals surface area contributed by atoms with Crippen molar-refractivity contribution < 1.29 is 4.42 Å². The first kappa shape index (κ1) is 9.59. The first-order valence-electron chi connectivity index (χ1n) is 4.77. The van der Waals surface area contributed by atoms with Gasteiger partial charge >= 0.3 is 0 Å². The molecule has 3 aromatic heterocycles. The van der Waals surface area contributed by atoms with Crippen molar-refractivity contribution in [3.63, 3.8) is 0 Å². The maximum absolute atomic E-state index is 5.37. The molecule has 0 fully saturated rings. The molecule has 0 aliphatic rings. The van der Waals surface area contributed by atoms with Gasteiger partial charge < -0.3 is 8.98 Å². The van der Waals surface area contributed by atoms with Gasteiger partial charge in [-0.05, 0) is 28.1 Å². The van der Waals surface area contributed by atoms with Crippen molar-refractivity contribution in [3.8, 4) is 11.5 Å². The van der Waals surface area contributed by atoms with Gasteiger partial charge in [0.2, 0.25) is 0 Å². The minimum absolute atomic E-state index is 0.749. The van der Waals surface area contributed by atoms with Crippen LogP contribution in [0.4, 0.5) is 0 Å². The first-order chi connectivity index (χ1) is 7.77. The van der Waals surface area contributed by atoms with Crippen molar-refractivity contribution in [2.24, 2.45) is 7.05 Å². The van der Waals surface area contributed by atoms with E-state index in [1.807, 2.05) is 29.9 Å². The Labute approximate surface area is 100 Å². The molecule has 0 bridgehead atoms. The third kappa shape index (κ3) is 1.28. The second-order valence-corrected chi connectivity index (χ2v) is 4.34. The Morgan fingerprint density at radius 2 is 2.25 bits per heavy atom. The number of hydrogen-bond acceptors (Lipinski definition) is 3. The average Bonchev–Trinajstić information content (AvgIpc) is 2.88. The van der Waals surface area contributed by atoms with Crippen LogP contribution in [-0.2, 0) is 7.05 Å². The van der Waals surface area contributed by atoms with Gasteiger partial charge in [-0.15, -0.1) is 0 Å². The summed E-state index contributed by atoms with van der Waals surface area (Å²) < 4.78 is 8.29. The highest BCUT2D eigenvalue weighted by Crippen LogP contribution is 2.32. The van der Waals surface area contributed by atoms with E-state index in [2.05, 4.69) is 25.9 Å². The van der Waals surface area contributed by atoms with Crippen molar-refractivity contribution in [2.45, 2.75) is 0 Å².